The van der Waals surface area contributed by atoms with Crippen LogP contribution in [-0.2, 0) is 19.9 Å². The lowest BCUT2D eigenvalue weighted by Crippen LogP contribution is -2.27. The Morgan fingerprint density at radius 3 is 3.05 bits per heavy atom. The predicted octanol–water partition coefficient (Wildman–Crippen LogP) is 1.86. The standard InChI is InChI=1S/C14H18N4OS/c1-8-3-6-11(18(8)2)13(19)17-14-16-10-5-4-9(15)7-12(10)20-14/h3,6,9H,4-5,7,15H2,1-2H3,(H,16,17,19)/t9-/m0/s1. The average molecular weight is 290 g/mol. The molecule has 2 heterocycles. The Balaban J connectivity index is 1.78. The van der Waals surface area contributed by atoms with E-state index in [2.05, 4.69) is 10.3 Å². The van der Waals surface area contributed by atoms with Gasteiger partial charge < -0.3 is 10.3 Å². The number of nitrogens with one attached hydrogen (secondary N) is 1. The van der Waals surface area contributed by atoms with Crippen molar-refractivity contribution < 1.29 is 4.79 Å². The van der Waals surface area contributed by atoms with Gasteiger partial charge in [-0.2, -0.15) is 0 Å². The van der Waals surface area contributed by atoms with Gasteiger partial charge in [-0.25, -0.2) is 4.98 Å². The maximum absolute atomic E-state index is 12.2. The average Bonchev–Trinajstić information content (AvgIpc) is 2.93. The van der Waals surface area contributed by atoms with Crippen LogP contribution in [-0.4, -0.2) is 21.5 Å². The molecule has 2 aromatic rings. The number of hydrogen-bond donors (Lipinski definition) is 2. The zero-order valence-corrected chi connectivity index (χ0v) is 12.5. The van der Waals surface area contributed by atoms with E-state index >= 15 is 0 Å². The van der Waals surface area contributed by atoms with Crippen molar-refractivity contribution in [1.82, 2.24) is 9.55 Å². The smallest absolute Gasteiger partial charge is 0.274 e. The number of fused-ring (bicyclic) bond motifs is 1. The number of carbonyl (C=O) groups excluding carboxylic acids is 1. The molecule has 1 amide bonds. The molecule has 5 nitrogen and oxygen atoms in total. The lowest BCUT2D eigenvalue weighted by atomic mass is 9.99. The van der Waals surface area contributed by atoms with Crippen molar-refractivity contribution in [1.29, 1.82) is 0 Å². The lowest BCUT2D eigenvalue weighted by molar-refractivity contribution is 0.101. The number of thiazole rings is 1. The van der Waals surface area contributed by atoms with Crippen molar-refractivity contribution >= 4 is 22.4 Å². The third-order valence-electron chi connectivity index (χ3n) is 3.80. The van der Waals surface area contributed by atoms with Gasteiger partial charge in [-0.1, -0.05) is 0 Å². The molecule has 2 aromatic heterocycles. The minimum Gasteiger partial charge on any atom is -0.344 e. The first-order valence-electron chi connectivity index (χ1n) is 6.72. The molecule has 1 atom stereocenters. The highest BCUT2D eigenvalue weighted by molar-refractivity contribution is 7.15. The third kappa shape index (κ3) is 2.36. The number of anilines is 1. The van der Waals surface area contributed by atoms with Crippen LogP contribution in [0.4, 0.5) is 5.13 Å². The summed E-state index contributed by atoms with van der Waals surface area (Å²) in [5, 5.41) is 3.57. The number of rotatable bonds is 2. The Bertz CT molecular complexity index is 658. The molecule has 0 bridgehead atoms. The molecule has 0 radical (unpaired) electrons. The van der Waals surface area contributed by atoms with Crippen LogP contribution < -0.4 is 11.1 Å². The van der Waals surface area contributed by atoms with Crippen molar-refractivity contribution in [3.63, 3.8) is 0 Å². The molecule has 0 unspecified atom stereocenters. The molecule has 3 rings (SSSR count). The first-order chi connectivity index (χ1) is 9.54. The summed E-state index contributed by atoms with van der Waals surface area (Å²) in [6.07, 6.45) is 2.75. The van der Waals surface area contributed by atoms with E-state index in [0.29, 0.717) is 10.8 Å². The number of nitrogens with zero attached hydrogens (tertiary/aromatic N) is 2. The molecule has 0 aliphatic heterocycles. The van der Waals surface area contributed by atoms with Gasteiger partial charge >= 0.3 is 0 Å². The molecule has 0 saturated heterocycles. The minimum atomic E-state index is -0.115. The Morgan fingerprint density at radius 1 is 1.55 bits per heavy atom. The van der Waals surface area contributed by atoms with Gasteiger partial charge in [0.05, 0.1) is 5.69 Å². The summed E-state index contributed by atoms with van der Waals surface area (Å²) < 4.78 is 1.87. The van der Waals surface area contributed by atoms with E-state index in [9.17, 15) is 4.79 Å². The number of aromatic nitrogens is 2. The van der Waals surface area contributed by atoms with E-state index in [-0.39, 0.29) is 11.9 Å². The van der Waals surface area contributed by atoms with Crippen molar-refractivity contribution in [2.75, 3.05) is 5.32 Å². The summed E-state index contributed by atoms with van der Waals surface area (Å²) in [5.41, 5.74) is 8.76. The van der Waals surface area contributed by atoms with E-state index in [1.54, 1.807) is 11.3 Å². The van der Waals surface area contributed by atoms with Crippen LogP contribution in [0.2, 0.25) is 0 Å². The van der Waals surface area contributed by atoms with Gasteiger partial charge in [-0.3, -0.25) is 10.1 Å². The van der Waals surface area contributed by atoms with E-state index in [1.165, 1.54) is 4.88 Å². The Hall–Kier alpha value is -1.66. The Kier molecular flexibility index (Phi) is 3.35. The first-order valence-corrected chi connectivity index (χ1v) is 7.54. The SMILES string of the molecule is Cc1ccc(C(=O)Nc2nc3c(s2)C[C@@H](N)CC3)n1C. The fourth-order valence-electron chi connectivity index (χ4n) is 2.46. The van der Waals surface area contributed by atoms with Gasteiger partial charge in [-0.15, -0.1) is 11.3 Å². The summed E-state index contributed by atoms with van der Waals surface area (Å²) >= 11 is 1.54. The van der Waals surface area contributed by atoms with E-state index in [0.717, 1.165) is 30.7 Å². The molecule has 20 heavy (non-hydrogen) atoms. The highest BCUT2D eigenvalue weighted by atomic mass is 32.1. The van der Waals surface area contributed by atoms with Crippen LogP contribution in [0.25, 0.3) is 0 Å². The van der Waals surface area contributed by atoms with Gasteiger partial charge in [0.2, 0.25) is 0 Å². The van der Waals surface area contributed by atoms with Crippen molar-refractivity contribution in [3.8, 4) is 0 Å². The Labute approximate surface area is 121 Å². The molecule has 0 spiro atoms. The maximum Gasteiger partial charge on any atom is 0.274 e. The molecule has 1 aliphatic rings. The second kappa shape index (κ2) is 5.03. The zero-order valence-electron chi connectivity index (χ0n) is 11.6. The highest BCUT2D eigenvalue weighted by Crippen LogP contribution is 2.29. The second-order valence-corrected chi connectivity index (χ2v) is 6.35. The largest absolute Gasteiger partial charge is 0.344 e. The molecular formula is C14H18N4OS. The van der Waals surface area contributed by atoms with Crippen molar-refractivity contribution in [2.45, 2.75) is 32.2 Å². The summed E-state index contributed by atoms with van der Waals surface area (Å²) in [6.45, 7) is 1.97. The molecule has 1 aliphatic carbocycles. The summed E-state index contributed by atoms with van der Waals surface area (Å²) in [7, 11) is 1.89. The quantitative estimate of drug-likeness (QED) is 0.886. The van der Waals surface area contributed by atoms with Gasteiger partial charge in [-0.05, 0) is 38.3 Å². The van der Waals surface area contributed by atoms with E-state index in [1.807, 2.05) is 30.7 Å². The summed E-state index contributed by atoms with van der Waals surface area (Å²) in [4.78, 5) is 18.0. The van der Waals surface area contributed by atoms with Crippen LogP contribution in [0.15, 0.2) is 12.1 Å². The molecule has 106 valence electrons. The zero-order chi connectivity index (χ0) is 14.3. The van der Waals surface area contributed by atoms with Gasteiger partial charge in [0.1, 0.15) is 5.69 Å². The number of carbonyl (C=O) groups is 1. The first kappa shape index (κ1) is 13.3. The van der Waals surface area contributed by atoms with Gasteiger partial charge in [0, 0.05) is 23.7 Å². The number of nitrogens with two attached hydrogens (primary N) is 1. The fraction of sp³-hybridized carbons (Fsp3) is 0.429. The number of hydrogen-bond acceptors (Lipinski definition) is 4. The molecular weight excluding hydrogens is 272 g/mol. The predicted molar refractivity (Wildman–Crippen MR) is 80.2 cm³/mol. The van der Waals surface area contributed by atoms with Crippen LogP contribution in [0.5, 0.6) is 0 Å². The topological polar surface area (TPSA) is 72.9 Å². The molecule has 0 fully saturated rings. The summed E-state index contributed by atoms with van der Waals surface area (Å²) in [6, 6.07) is 3.98. The number of amides is 1. The molecule has 6 heteroatoms. The fourth-order valence-corrected chi connectivity index (χ4v) is 3.55. The van der Waals surface area contributed by atoms with Crippen LogP contribution in [0, 0.1) is 6.92 Å². The normalized spacial score (nSPS) is 17.9. The number of aryl methyl sites for hydroxylation is 2. The highest BCUT2D eigenvalue weighted by Gasteiger charge is 2.21. The maximum atomic E-state index is 12.2. The second-order valence-electron chi connectivity index (χ2n) is 5.26. The van der Waals surface area contributed by atoms with Crippen molar-refractivity contribution in [2.24, 2.45) is 12.8 Å². The van der Waals surface area contributed by atoms with Crippen LogP contribution >= 0.6 is 11.3 Å². The Morgan fingerprint density at radius 2 is 2.35 bits per heavy atom. The molecule has 3 N–H and O–H groups in total. The van der Waals surface area contributed by atoms with Crippen LogP contribution in [0.1, 0.15) is 33.2 Å². The van der Waals surface area contributed by atoms with Crippen molar-refractivity contribution in [3.05, 3.63) is 34.1 Å². The van der Waals surface area contributed by atoms with Crippen LogP contribution in [0.3, 0.4) is 0 Å². The van der Waals surface area contributed by atoms with Gasteiger partial charge in [0.15, 0.2) is 5.13 Å². The molecule has 0 aromatic carbocycles. The minimum absolute atomic E-state index is 0.115. The summed E-state index contributed by atoms with van der Waals surface area (Å²) in [5.74, 6) is -0.115. The van der Waals surface area contributed by atoms with E-state index in [4.69, 9.17) is 5.73 Å². The van der Waals surface area contributed by atoms with E-state index < -0.39 is 0 Å². The van der Waals surface area contributed by atoms with Gasteiger partial charge in [0.25, 0.3) is 5.91 Å². The third-order valence-corrected chi connectivity index (χ3v) is 4.84. The lowest BCUT2D eigenvalue weighted by Gasteiger charge is -2.15. The monoisotopic (exact) mass is 290 g/mol. The molecule has 0 saturated carbocycles.